The number of fused-ring (bicyclic) bond motifs is 1. The Morgan fingerprint density at radius 2 is 1.67 bits per heavy atom. The topological polar surface area (TPSA) is 12.4 Å². The summed E-state index contributed by atoms with van der Waals surface area (Å²) in [5, 5.41) is 0. The molecule has 80 valence electrons. The number of aryl methyl sites for hydroxylation is 2. The van der Waals surface area contributed by atoms with Crippen LogP contribution in [-0.2, 0) is 6.42 Å². The maximum absolute atomic E-state index is 4.74. The van der Waals surface area contributed by atoms with E-state index in [1.54, 1.807) is 0 Å². The average Bonchev–Trinajstić information content (AvgIpc) is 2.47. The van der Waals surface area contributed by atoms with Gasteiger partial charge in [-0.05, 0) is 36.6 Å². The second-order valence-corrected chi connectivity index (χ2v) is 5.55. The highest BCUT2D eigenvalue weighted by Gasteiger charge is 2.25. The largest absolute Gasteiger partial charge is 0.257 e. The normalized spacial score (nSPS) is 15.1. The summed E-state index contributed by atoms with van der Waals surface area (Å²) >= 11 is 0. The third-order valence-electron chi connectivity index (χ3n) is 3.17. The van der Waals surface area contributed by atoms with E-state index in [0.717, 1.165) is 6.42 Å². The van der Waals surface area contributed by atoms with Crippen molar-refractivity contribution >= 4 is 11.4 Å². The molecule has 0 saturated heterocycles. The average molecular weight is 201 g/mol. The van der Waals surface area contributed by atoms with Crippen molar-refractivity contribution in [3.8, 4) is 0 Å². The molecule has 1 nitrogen and oxygen atoms in total. The molecule has 1 aliphatic heterocycles. The quantitative estimate of drug-likeness (QED) is 0.602. The van der Waals surface area contributed by atoms with Gasteiger partial charge in [0.2, 0.25) is 0 Å². The van der Waals surface area contributed by atoms with Crippen LogP contribution in [0.15, 0.2) is 17.1 Å². The first-order valence-corrected chi connectivity index (χ1v) is 5.56. The lowest BCUT2D eigenvalue weighted by Gasteiger charge is -2.17. The predicted molar refractivity (Wildman–Crippen MR) is 66.2 cm³/mol. The number of rotatable bonds is 0. The fourth-order valence-corrected chi connectivity index (χ4v) is 1.90. The van der Waals surface area contributed by atoms with Crippen LogP contribution in [0.3, 0.4) is 0 Å². The number of aliphatic imine (C=N–C) groups is 1. The lowest BCUT2D eigenvalue weighted by Crippen LogP contribution is -2.19. The van der Waals surface area contributed by atoms with Crippen LogP contribution in [-0.4, -0.2) is 5.71 Å². The molecule has 2 rings (SSSR count). The Labute approximate surface area is 92.2 Å². The van der Waals surface area contributed by atoms with E-state index in [1.165, 1.54) is 28.1 Å². The molecule has 0 amide bonds. The Morgan fingerprint density at radius 1 is 1.07 bits per heavy atom. The summed E-state index contributed by atoms with van der Waals surface area (Å²) in [6, 6.07) is 4.50. The zero-order valence-electron chi connectivity index (χ0n) is 10.3. The maximum atomic E-state index is 4.74. The van der Waals surface area contributed by atoms with Crippen molar-refractivity contribution in [3.05, 3.63) is 28.8 Å². The molecule has 0 bridgehead atoms. The van der Waals surface area contributed by atoms with Crippen molar-refractivity contribution < 1.29 is 0 Å². The molecule has 0 spiro atoms. The predicted octanol–water partition coefficient (Wildman–Crippen LogP) is 3.98. The molecule has 0 N–H and O–H groups in total. The third-order valence-corrected chi connectivity index (χ3v) is 3.17. The Kier molecular flexibility index (Phi) is 2.22. The van der Waals surface area contributed by atoms with Gasteiger partial charge in [0.1, 0.15) is 0 Å². The van der Waals surface area contributed by atoms with Gasteiger partial charge < -0.3 is 0 Å². The lowest BCUT2D eigenvalue weighted by molar-refractivity contribution is 0.584. The lowest BCUT2D eigenvalue weighted by atomic mass is 9.87. The van der Waals surface area contributed by atoms with Crippen LogP contribution >= 0.6 is 0 Å². The van der Waals surface area contributed by atoms with E-state index >= 15 is 0 Å². The van der Waals surface area contributed by atoms with Crippen molar-refractivity contribution in [1.29, 1.82) is 0 Å². The van der Waals surface area contributed by atoms with Gasteiger partial charge in [0.25, 0.3) is 0 Å². The first kappa shape index (κ1) is 10.4. The first-order valence-electron chi connectivity index (χ1n) is 5.56. The molecule has 1 heterocycles. The maximum Gasteiger partial charge on any atom is 0.0668 e. The minimum atomic E-state index is 0.195. The molecule has 0 saturated carbocycles. The van der Waals surface area contributed by atoms with E-state index in [1.807, 2.05) is 0 Å². The molecule has 1 aromatic rings. The minimum Gasteiger partial charge on any atom is -0.257 e. The molecule has 1 heteroatoms. The van der Waals surface area contributed by atoms with Gasteiger partial charge in [-0.3, -0.25) is 4.99 Å². The van der Waals surface area contributed by atoms with Crippen LogP contribution in [0.5, 0.6) is 0 Å². The summed E-state index contributed by atoms with van der Waals surface area (Å²) in [7, 11) is 0. The summed E-state index contributed by atoms with van der Waals surface area (Å²) in [5.41, 5.74) is 6.79. The van der Waals surface area contributed by atoms with Crippen molar-refractivity contribution in [1.82, 2.24) is 0 Å². The highest BCUT2D eigenvalue weighted by molar-refractivity contribution is 5.97. The van der Waals surface area contributed by atoms with Gasteiger partial charge in [0.05, 0.1) is 5.69 Å². The van der Waals surface area contributed by atoms with Crippen molar-refractivity contribution in [3.63, 3.8) is 0 Å². The van der Waals surface area contributed by atoms with Crippen molar-refractivity contribution in [2.75, 3.05) is 0 Å². The van der Waals surface area contributed by atoms with Crippen LogP contribution in [0.1, 0.15) is 37.5 Å². The van der Waals surface area contributed by atoms with Gasteiger partial charge in [-0.2, -0.15) is 0 Å². The number of hydrogen-bond acceptors (Lipinski definition) is 1. The molecule has 0 aromatic heterocycles. The molecular weight excluding hydrogens is 182 g/mol. The first-order chi connectivity index (χ1) is 6.88. The van der Waals surface area contributed by atoms with E-state index in [0.29, 0.717) is 0 Å². The van der Waals surface area contributed by atoms with Crippen LogP contribution in [0.4, 0.5) is 5.69 Å². The van der Waals surface area contributed by atoms with Crippen LogP contribution in [0.2, 0.25) is 0 Å². The van der Waals surface area contributed by atoms with Crippen molar-refractivity contribution in [2.24, 2.45) is 10.4 Å². The summed E-state index contributed by atoms with van der Waals surface area (Å²) < 4.78 is 0. The fourth-order valence-electron chi connectivity index (χ4n) is 1.90. The standard InChI is InChI=1S/C14H19N/c1-9-6-11-8-13(14(3,4)5)15-12(11)7-10(9)2/h6-7H,8H2,1-5H3. The Morgan fingerprint density at radius 3 is 2.27 bits per heavy atom. The summed E-state index contributed by atoms with van der Waals surface area (Å²) in [6.45, 7) is 11.0. The highest BCUT2D eigenvalue weighted by Crippen LogP contribution is 2.34. The molecule has 0 atom stereocenters. The van der Waals surface area contributed by atoms with Gasteiger partial charge in [-0.15, -0.1) is 0 Å². The highest BCUT2D eigenvalue weighted by atomic mass is 14.8. The van der Waals surface area contributed by atoms with Gasteiger partial charge in [-0.1, -0.05) is 26.8 Å². The SMILES string of the molecule is Cc1cc2c(cc1C)N=C(C(C)(C)C)C2. The number of nitrogens with zero attached hydrogens (tertiary/aromatic N) is 1. The monoisotopic (exact) mass is 201 g/mol. The van der Waals surface area contributed by atoms with E-state index < -0.39 is 0 Å². The molecular formula is C14H19N. The fraction of sp³-hybridized carbons (Fsp3) is 0.500. The molecule has 0 radical (unpaired) electrons. The molecule has 0 unspecified atom stereocenters. The summed E-state index contributed by atoms with van der Waals surface area (Å²) in [4.78, 5) is 4.74. The Balaban J connectivity index is 2.43. The third kappa shape index (κ3) is 1.83. The van der Waals surface area contributed by atoms with Gasteiger partial charge in [0.15, 0.2) is 0 Å². The summed E-state index contributed by atoms with van der Waals surface area (Å²) in [6.07, 6.45) is 1.03. The smallest absolute Gasteiger partial charge is 0.0668 e. The van der Waals surface area contributed by atoms with Gasteiger partial charge in [-0.25, -0.2) is 0 Å². The zero-order valence-corrected chi connectivity index (χ0v) is 10.3. The van der Waals surface area contributed by atoms with Crippen LogP contribution in [0.25, 0.3) is 0 Å². The molecule has 15 heavy (non-hydrogen) atoms. The van der Waals surface area contributed by atoms with E-state index in [2.05, 4.69) is 46.8 Å². The number of hydrogen-bond donors (Lipinski definition) is 0. The molecule has 0 aliphatic carbocycles. The number of benzene rings is 1. The van der Waals surface area contributed by atoms with E-state index in [9.17, 15) is 0 Å². The second-order valence-electron chi connectivity index (χ2n) is 5.55. The summed E-state index contributed by atoms with van der Waals surface area (Å²) in [5.74, 6) is 0. The zero-order chi connectivity index (χ0) is 11.2. The molecule has 1 aromatic carbocycles. The van der Waals surface area contributed by atoms with Gasteiger partial charge >= 0.3 is 0 Å². The molecule has 1 aliphatic rings. The Bertz CT molecular complexity index is 433. The Hall–Kier alpha value is -1.11. The molecule has 0 fully saturated rings. The van der Waals surface area contributed by atoms with Crippen LogP contribution < -0.4 is 0 Å². The van der Waals surface area contributed by atoms with E-state index in [4.69, 9.17) is 4.99 Å². The van der Waals surface area contributed by atoms with Crippen molar-refractivity contribution in [2.45, 2.75) is 41.0 Å². The second kappa shape index (κ2) is 3.19. The van der Waals surface area contributed by atoms with E-state index in [-0.39, 0.29) is 5.41 Å². The van der Waals surface area contributed by atoms with Crippen LogP contribution in [0, 0.1) is 19.3 Å². The van der Waals surface area contributed by atoms with Gasteiger partial charge in [0, 0.05) is 17.5 Å². The minimum absolute atomic E-state index is 0.195.